The standard InChI is InChI=1S/C7H14O2.Ni/c1-3-4-5-6(2)7(8)9;/h6H,3-5H2,1-2H3,(H,8,9);. The first-order chi connectivity index (χ1) is 4.18. The van der Waals surface area contributed by atoms with Crippen LogP contribution in [0.2, 0.25) is 0 Å². The van der Waals surface area contributed by atoms with E-state index in [0.717, 1.165) is 19.3 Å². The van der Waals surface area contributed by atoms with Gasteiger partial charge in [0.05, 0.1) is 5.92 Å². The first-order valence-corrected chi connectivity index (χ1v) is 3.41. The number of carbonyl (C=O) groups is 1. The van der Waals surface area contributed by atoms with Crippen LogP contribution in [0.3, 0.4) is 0 Å². The summed E-state index contributed by atoms with van der Waals surface area (Å²) in [5.74, 6) is -0.839. The number of carboxylic acid groups (broad SMARTS) is 1. The Balaban J connectivity index is 0. The van der Waals surface area contributed by atoms with Crippen LogP contribution in [0.5, 0.6) is 0 Å². The van der Waals surface area contributed by atoms with Gasteiger partial charge in [-0.05, 0) is 6.42 Å². The molecule has 3 heteroatoms. The van der Waals surface area contributed by atoms with Crippen LogP contribution in [0, 0.1) is 5.92 Å². The molecule has 0 rings (SSSR count). The van der Waals surface area contributed by atoms with E-state index in [1.807, 2.05) is 0 Å². The van der Waals surface area contributed by atoms with Crippen molar-refractivity contribution in [2.75, 3.05) is 0 Å². The topological polar surface area (TPSA) is 37.3 Å². The summed E-state index contributed by atoms with van der Waals surface area (Å²) in [6.45, 7) is 3.81. The molecule has 0 aromatic heterocycles. The summed E-state index contributed by atoms with van der Waals surface area (Å²) in [6, 6.07) is 0. The minimum absolute atomic E-state index is 0. The predicted molar refractivity (Wildman–Crippen MR) is 36.3 cm³/mol. The number of unbranched alkanes of at least 4 members (excludes halogenated alkanes) is 1. The summed E-state index contributed by atoms with van der Waals surface area (Å²) in [7, 11) is 0. The molecule has 0 aliphatic carbocycles. The minimum Gasteiger partial charge on any atom is -0.481 e. The first kappa shape index (κ1) is 12.6. The van der Waals surface area contributed by atoms with Crippen LogP contribution in [-0.2, 0) is 21.3 Å². The molecule has 0 bridgehead atoms. The molecule has 0 aliphatic rings. The molecule has 0 heterocycles. The van der Waals surface area contributed by atoms with Crippen molar-refractivity contribution in [2.45, 2.75) is 33.1 Å². The second kappa shape index (κ2) is 7.08. The van der Waals surface area contributed by atoms with Crippen LogP contribution in [0.25, 0.3) is 0 Å². The first-order valence-electron chi connectivity index (χ1n) is 3.41. The average molecular weight is 189 g/mol. The Labute approximate surface area is 71.9 Å². The van der Waals surface area contributed by atoms with Gasteiger partial charge in [0.25, 0.3) is 0 Å². The van der Waals surface area contributed by atoms with Crippen molar-refractivity contribution in [3.8, 4) is 0 Å². The maximum Gasteiger partial charge on any atom is 0.306 e. The van der Waals surface area contributed by atoms with E-state index in [4.69, 9.17) is 5.11 Å². The van der Waals surface area contributed by atoms with Crippen molar-refractivity contribution in [1.29, 1.82) is 0 Å². The fourth-order valence-corrected chi connectivity index (χ4v) is 0.634. The maximum atomic E-state index is 10.2. The number of aliphatic carboxylic acids is 1. The summed E-state index contributed by atoms with van der Waals surface area (Å²) >= 11 is 0. The Morgan fingerprint density at radius 2 is 2.10 bits per heavy atom. The largest absolute Gasteiger partial charge is 0.481 e. The van der Waals surface area contributed by atoms with E-state index in [-0.39, 0.29) is 22.4 Å². The van der Waals surface area contributed by atoms with E-state index in [2.05, 4.69) is 6.92 Å². The molecule has 0 saturated carbocycles. The zero-order valence-electron chi connectivity index (χ0n) is 6.37. The van der Waals surface area contributed by atoms with Gasteiger partial charge in [0.15, 0.2) is 0 Å². The summed E-state index contributed by atoms with van der Waals surface area (Å²) in [4.78, 5) is 10.2. The van der Waals surface area contributed by atoms with Crippen LogP contribution in [0.15, 0.2) is 0 Å². The molecule has 64 valence electrons. The summed E-state index contributed by atoms with van der Waals surface area (Å²) in [5.41, 5.74) is 0. The zero-order valence-corrected chi connectivity index (χ0v) is 7.36. The molecule has 2 nitrogen and oxygen atoms in total. The van der Waals surface area contributed by atoms with E-state index in [1.165, 1.54) is 0 Å². The third kappa shape index (κ3) is 6.09. The molecule has 0 amide bonds. The van der Waals surface area contributed by atoms with Crippen LogP contribution < -0.4 is 0 Å². The molecule has 0 fully saturated rings. The van der Waals surface area contributed by atoms with E-state index in [9.17, 15) is 4.79 Å². The number of rotatable bonds is 4. The van der Waals surface area contributed by atoms with Gasteiger partial charge in [-0.15, -0.1) is 0 Å². The molecule has 0 aromatic rings. The molecular weight excluding hydrogens is 175 g/mol. The fourth-order valence-electron chi connectivity index (χ4n) is 0.634. The Bertz CT molecular complexity index is 93.6. The predicted octanol–water partition coefficient (Wildman–Crippen LogP) is 1.89. The van der Waals surface area contributed by atoms with Gasteiger partial charge in [-0.2, -0.15) is 0 Å². The van der Waals surface area contributed by atoms with Crippen molar-refractivity contribution in [3.05, 3.63) is 0 Å². The minimum atomic E-state index is -0.677. The van der Waals surface area contributed by atoms with Gasteiger partial charge >= 0.3 is 5.97 Å². The van der Waals surface area contributed by atoms with E-state index in [0.29, 0.717) is 0 Å². The molecule has 10 heavy (non-hydrogen) atoms. The molecule has 0 saturated heterocycles. The van der Waals surface area contributed by atoms with Crippen molar-refractivity contribution >= 4 is 5.97 Å². The zero-order chi connectivity index (χ0) is 7.28. The Morgan fingerprint density at radius 3 is 2.40 bits per heavy atom. The van der Waals surface area contributed by atoms with Gasteiger partial charge in [0.2, 0.25) is 0 Å². The number of carboxylic acids is 1. The second-order valence-electron chi connectivity index (χ2n) is 2.38. The van der Waals surface area contributed by atoms with Gasteiger partial charge in [-0.3, -0.25) is 4.79 Å². The van der Waals surface area contributed by atoms with Gasteiger partial charge in [0, 0.05) is 16.5 Å². The summed E-state index contributed by atoms with van der Waals surface area (Å²) in [5, 5.41) is 8.41. The van der Waals surface area contributed by atoms with E-state index < -0.39 is 5.97 Å². The van der Waals surface area contributed by atoms with Gasteiger partial charge in [-0.1, -0.05) is 26.7 Å². The molecule has 0 aromatic carbocycles. The van der Waals surface area contributed by atoms with Crippen molar-refractivity contribution < 1.29 is 26.4 Å². The average Bonchev–Trinajstić information content (AvgIpc) is 1.82. The molecule has 0 aliphatic heterocycles. The fraction of sp³-hybridized carbons (Fsp3) is 0.857. The Morgan fingerprint density at radius 1 is 1.60 bits per heavy atom. The van der Waals surface area contributed by atoms with Crippen LogP contribution in [-0.4, -0.2) is 11.1 Å². The van der Waals surface area contributed by atoms with E-state index >= 15 is 0 Å². The maximum absolute atomic E-state index is 10.2. The third-order valence-corrected chi connectivity index (χ3v) is 1.41. The third-order valence-electron chi connectivity index (χ3n) is 1.41. The van der Waals surface area contributed by atoms with Crippen molar-refractivity contribution in [3.63, 3.8) is 0 Å². The second-order valence-corrected chi connectivity index (χ2v) is 2.38. The molecule has 1 unspecified atom stereocenters. The van der Waals surface area contributed by atoms with Crippen LogP contribution >= 0.6 is 0 Å². The van der Waals surface area contributed by atoms with Gasteiger partial charge in [0.1, 0.15) is 0 Å². The van der Waals surface area contributed by atoms with Gasteiger partial charge in [-0.25, -0.2) is 0 Å². The smallest absolute Gasteiger partial charge is 0.306 e. The Hall–Kier alpha value is -0.0365. The van der Waals surface area contributed by atoms with Gasteiger partial charge < -0.3 is 5.11 Å². The normalized spacial score (nSPS) is 11.8. The molecule has 0 spiro atoms. The summed E-state index contributed by atoms with van der Waals surface area (Å²) < 4.78 is 0. The number of hydrogen-bond acceptors (Lipinski definition) is 1. The van der Waals surface area contributed by atoms with Crippen LogP contribution in [0.4, 0.5) is 0 Å². The number of hydrogen-bond donors (Lipinski definition) is 1. The SMILES string of the molecule is CCCCC(C)C(=O)O.[Ni]. The van der Waals surface area contributed by atoms with E-state index in [1.54, 1.807) is 6.92 Å². The summed E-state index contributed by atoms with van der Waals surface area (Å²) in [6.07, 6.45) is 2.91. The molecule has 0 radical (unpaired) electrons. The van der Waals surface area contributed by atoms with Crippen LogP contribution in [0.1, 0.15) is 33.1 Å². The molecular formula is C7H14NiO2. The molecule has 1 N–H and O–H groups in total. The quantitative estimate of drug-likeness (QED) is 0.685. The van der Waals surface area contributed by atoms with Crippen molar-refractivity contribution in [1.82, 2.24) is 0 Å². The monoisotopic (exact) mass is 188 g/mol. The Kier molecular flexibility index (Phi) is 8.93. The molecule has 1 atom stereocenters. The van der Waals surface area contributed by atoms with Crippen molar-refractivity contribution in [2.24, 2.45) is 5.92 Å².